The number of phenolic OH excluding ortho intramolecular Hbond substituents is 1. The average molecular weight is 336 g/mol. The van der Waals surface area contributed by atoms with E-state index in [2.05, 4.69) is 22.0 Å². The Morgan fingerprint density at radius 2 is 2.08 bits per heavy atom. The van der Waals surface area contributed by atoms with Crippen molar-refractivity contribution in [2.45, 2.75) is 32.7 Å². The van der Waals surface area contributed by atoms with Gasteiger partial charge < -0.3 is 14.7 Å². The Morgan fingerprint density at radius 1 is 1.28 bits per heavy atom. The molecular weight excluding hydrogens is 316 g/mol. The Balaban J connectivity index is 1.71. The van der Waals surface area contributed by atoms with Crippen molar-refractivity contribution in [2.24, 2.45) is 5.92 Å². The Bertz CT molecular complexity index is 845. The fourth-order valence-electron chi connectivity index (χ4n) is 3.79. The number of aromatic nitrogens is 2. The zero-order chi connectivity index (χ0) is 17.6. The van der Waals surface area contributed by atoms with Crippen LogP contribution in [0.1, 0.15) is 30.9 Å². The third-order valence-corrected chi connectivity index (χ3v) is 5.09. The second-order valence-corrected chi connectivity index (χ2v) is 6.99. The van der Waals surface area contributed by atoms with Gasteiger partial charge in [0, 0.05) is 17.7 Å². The lowest BCUT2D eigenvalue weighted by Gasteiger charge is -2.44. The second kappa shape index (κ2) is 5.92. The zero-order valence-corrected chi connectivity index (χ0v) is 14.4. The maximum Gasteiger partial charge on any atom is 0.194 e. The molecule has 0 saturated heterocycles. The van der Waals surface area contributed by atoms with Gasteiger partial charge >= 0.3 is 0 Å². The first kappa shape index (κ1) is 15.7. The molecule has 1 aromatic heterocycles. The van der Waals surface area contributed by atoms with E-state index >= 15 is 0 Å². The number of phenols is 1. The van der Waals surface area contributed by atoms with Crippen molar-refractivity contribution in [3.63, 3.8) is 0 Å². The predicted molar refractivity (Wildman–Crippen MR) is 93.6 cm³/mol. The quantitative estimate of drug-likeness (QED) is 0.908. The van der Waals surface area contributed by atoms with E-state index in [1.165, 1.54) is 18.9 Å². The molecule has 1 aromatic carbocycles. The number of nitriles is 1. The summed E-state index contributed by atoms with van der Waals surface area (Å²) in [6, 6.07) is 7.58. The van der Waals surface area contributed by atoms with Gasteiger partial charge in [0.2, 0.25) is 0 Å². The van der Waals surface area contributed by atoms with Crippen LogP contribution < -0.4 is 9.64 Å². The molecule has 1 N–H and O–H groups in total. The van der Waals surface area contributed by atoms with Gasteiger partial charge in [0.25, 0.3) is 0 Å². The summed E-state index contributed by atoms with van der Waals surface area (Å²) < 4.78 is 5.81. The van der Waals surface area contributed by atoms with Crippen molar-refractivity contribution in [2.75, 3.05) is 18.1 Å². The summed E-state index contributed by atoms with van der Waals surface area (Å²) in [7, 11) is 0. The van der Waals surface area contributed by atoms with Crippen molar-refractivity contribution >= 4 is 5.82 Å². The topological polar surface area (TPSA) is 82.3 Å². The first-order valence-electron chi connectivity index (χ1n) is 8.58. The van der Waals surface area contributed by atoms with Gasteiger partial charge in [-0.1, -0.05) is 6.92 Å². The SMILES string of the molecule is Cc1cc(C#N)cc(O)c1-c1cc2c(nn1)N(C1CC(C)C1)CCO2. The molecule has 0 amide bonds. The van der Waals surface area contributed by atoms with Gasteiger partial charge in [-0.3, -0.25) is 0 Å². The van der Waals surface area contributed by atoms with Crippen LogP contribution in [0.5, 0.6) is 11.5 Å². The van der Waals surface area contributed by atoms with Crippen LogP contribution in [0.25, 0.3) is 11.3 Å². The molecule has 6 nitrogen and oxygen atoms in total. The predicted octanol–water partition coefficient (Wildman–Crippen LogP) is 3.03. The van der Waals surface area contributed by atoms with Crippen LogP contribution in [0.15, 0.2) is 18.2 Å². The van der Waals surface area contributed by atoms with E-state index in [1.54, 1.807) is 6.07 Å². The lowest BCUT2D eigenvalue weighted by atomic mass is 9.80. The first-order chi connectivity index (χ1) is 12.1. The van der Waals surface area contributed by atoms with Gasteiger partial charge in [-0.15, -0.1) is 10.2 Å². The van der Waals surface area contributed by atoms with E-state index in [-0.39, 0.29) is 5.75 Å². The van der Waals surface area contributed by atoms with Crippen LogP contribution >= 0.6 is 0 Å². The zero-order valence-electron chi connectivity index (χ0n) is 14.4. The molecule has 25 heavy (non-hydrogen) atoms. The summed E-state index contributed by atoms with van der Waals surface area (Å²) in [6.07, 6.45) is 2.36. The fourth-order valence-corrected chi connectivity index (χ4v) is 3.79. The highest BCUT2D eigenvalue weighted by atomic mass is 16.5. The average Bonchev–Trinajstić information content (AvgIpc) is 2.57. The van der Waals surface area contributed by atoms with E-state index < -0.39 is 0 Å². The number of aryl methyl sites for hydroxylation is 1. The van der Waals surface area contributed by atoms with Gasteiger partial charge in [-0.05, 0) is 43.4 Å². The smallest absolute Gasteiger partial charge is 0.194 e. The van der Waals surface area contributed by atoms with Crippen molar-refractivity contribution < 1.29 is 9.84 Å². The van der Waals surface area contributed by atoms with Gasteiger partial charge in [-0.25, -0.2) is 0 Å². The molecule has 0 bridgehead atoms. The van der Waals surface area contributed by atoms with Gasteiger partial charge in [0.1, 0.15) is 18.1 Å². The van der Waals surface area contributed by atoms with E-state index in [0.717, 1.165) is 23.8 Å². The minimum absolute atomic E-state index is 0.0336. The molecule has 1 aliphatic heterocycles. The number of anilines is 1. The Morgan fingerprint density at radius 3 is 2.76 bits per heavy atom. The Hall–Kier alpha value is -2.81. The Labute approximate surface area is 146 Å². The van der Waals surface area contributed by atoms with E-state index in [4.69, 9.17) is 10.00 Å². The van der Waals surface area contributed by atoms with Crippen molar-refractivity contribution in [3.05, 3.63) is 29.3 Å². The minimum Gasteiger partial charge on any atom is -0.507 e. The number of benzene rings is 1. The van der Waals surface area contributed by atoms with E-state index in [0.29, 0.717) is 35.2 Å². The van der Waals surface area contributed by atoms with Crippen LogP contribution in [-0.4, -0.2) is 34.5 Å². The molecule has 0 atom stereocenters. The molecule has 2 aromatic rings. The van der Waals surface area contributed by atoms with Gasteiger partial charge in [-0.2, -0.15) is 5.26 Å². The number of rotatable bonds is 2. The van der Waals surface area contributed by atoms with Crippen molar-refractivity contribution in [3.8, 4) is 28.8 Å². The van der Waals surface area contributed by atoms with Gasteiger partial charge in [0.05, 0.1) is 18.2 Å². The normalized spacial score (nSPS) is 21.7. The van der Waals surface area contributed by atoms with E-state index in [9.17, 15) is 5.11 Å². The first-order valence-corrected chi connectivity index (χ1v) is 8.58. The number of aromatic hydroxyl groups is 1. The lowest BCUT2D eigenvalue weighted by Crippen LogP contribution is -2.48. The van der Waals surface area contributed by atoms with E-state index in [1.807, 2.05) is 19.1 Å². The molecule has 0 unspecified atom stereocenters. The summed E-state index contributed by atoms with van der Waals surface area (Å²) in [5.74, 6) is 2.30. The summed E-state index contributed by atoms with van der Waals surface area (Å²) >= 11 is 0. The largest absolute Gasteiger partial charge is 0.507 e. The maximum atomic E-state index is 10.3. The molecule has 1 aliphatic carbocycles. The summed E-state index contributed by atoms with van der Waals surface area (Å²) in [6.45, 7) is 5.57. The summed E-state index contributed by atoms with van der Waals surface area (Å²) in [4.78, 5) is 2.29. The molecule has 2 heterocycles. The number of fused-ring (bicyclic) bond motifs is 1. The van der Waals surface area contributed by atoms with Crippen molar-refractivity contribution in [1.82, 2.24) is 10.2 Å². The van der Waals surface area contributed by atoms with Crippen LogP contribution in [0.4, 0.5) is 5.82 Å². The number of hydrogen-bond donors (Lipinski definition) is 1. The molecule has 0 spiro atoms. The third kappa shape index (κ3) is 2.66. The van der Waals surface area contributed by atoms with Gasteiger partial charge in [0.15, 0.2) is 11.6 Å². The van der Waals surface area contributed by atoms with Crippen molar-refractivity contribution in [1.29, 1.82) is 5.26 Å². The highest BCUT2D eigenvalue weighted by Crippen LogP contribution is 2.41. The number of ether oxygens (including phenoxy) is 1. The lowest BCUT2D eigenvalue weighted by molar-refractivity contribution is 0.236. The van der Waals surface area contributed by atoms with Crippen LogP contribution in [0.3, 0.4) is 0 Å². The number of hydrogen-bond acceptors (Lipinski definition) is 6. The molecule has 6 heteroatoms. The molecular formula is C19H20N4O2. The molecule has 1 fully saturated rings. The van der Waals surface area contributed by atoms with Crippen LogP contribution in [0.2, 0.25) is 0 Å². The number of nitrogens with zero attached hydrogens (tertiary/aromatic N) is 4. The highest BCUT2D eigenvalue weighted by molar-refractivity contribution is 5.74. The fraction of sp³-hybridized carbons (Fsp3) is 0.421. The molecule has 0 radical (unpaired) electrons. The summed E-state index contributed by atoms with van der Waals surface area (Å²) in [5, 5.41) is 28.1. The molecule has 2 aliphatic rings. The minimum atomic E-state index is 0.0336. The standard InChI is InChI=1S/C19H20N4O2/c1-11-5-14(6-11)23-3-4-25-17-9-15(21-22-19(17)23)18-12(2)7-13(10-20)8-16(18)24/h7-9,11,14,24H,3-6H2,1-2H3. The maximum absolute atomic E-state index is 10.3. The molecule has 128 valence electrons. The summed E-state index contributed by atoms with van der Waals surface area (Å²) in [5.41, 5.74) is 2.35. The highest BCUT2D eigenvalue weighted by Gasteiger charge is 2.35. The molecule has 1 saturated carbocycles. The molecule has 4 rings (SSSR count). The Kier molecular flexibility index (Phi) is 3.72. The monoisotopic (exact) mass is 336 g/mol. The second-order valence-electron chi connectivity index (χ2n) is 6.99. The van der Waals surface area contributed by atoms with Crippen LogP contribution in [0, 0.1) is 24.2 Å². The third-order valence-electron chi connectivity index (χ3n) is 5.09. The van der Waals surface area contributed by atoms with Crippen LogP contribution in [-0.2, 0) is 0 Å².